The van der Waals surface area contributed by atoms with Crippen molar-refractivity contribution >= 4 is 16.9 Å². The number of nitrogens with two attached hydrogens (primary N) is 1. The van der Waals surface area contributed by atoms with Crippen LogP contribution in [0, 0.1) is 5.82 Å². The minimum Gasteiger partial charge on any atom is -0.505 e. The zero-order chi connectivity index (χ0) is 22.5. The van der Waals surface area contributed by atoms with Gasteiger partial charge in [0.2, 0.25) is 0 Å². The fraction of sp³-hybridized carbons (Fsp3) is 0.348. The standard InChI is InChI=1S/C23H20FN3O5/c1-2-23(31)12-5-16-19-10(7-27(16)21(29)11(12)8-32-22(23)30)17-14(25)4-3-9-18(17)15(26-19)6-13(24)20(9)28/h5-6,14,28,31H,2-4,7-8,25H2,1H3/t14-,23+/m1/s1. The molecule has 0 bridgehead atoms. The normalized spacial score (nSPS) is 23.0. The molecule has 0 fully saturated rings. The first kappa shape index (κ1) is 19.4. The SMILES string of the molecule is CC[C@@]1(O)C(=O)OCc2c1cc1n(c2=O)Cc2c-1nc1cc(F)c(O)c3c1c2[C@H](N)CC3. The molecular weight excluding hydrogens is 417 g/mol. The Hall–Kier alpha value is -3.30. The van der Waals surface area contributed by atoms with E-state index in [0.29, 0.717) is 40.7 Å². The number of halogens is 1. The molecule has 32 heavy (non-hydrogen) atoms. The van der Waals surface area contributed by atoms with Crippen molar-refractivity contribution in [3.63, 3.8) is 0 Å². The minimum absolute atomic E-state index is 0.0453. The Morgan fingerprint density at radius 2 is 2.09 bits per heavy atom. The topological polar surface area (TPSA) is 128 Å². The maximum Gasteiger partial charge on any atom is 0.343 e. The van der Waals surface area contributed by atoms with Gasteiger partial charge in [0.05, 0.1) is 29.0 Å². The number of esters is 1. The van der Waals surface area contributed by atoms with Gasteiger partial charge in [-0.2, -0.15) is 0 Å². The number of fused-ring (bicyclic) bond motifs is 5. The molecule has 0 amide bonds. The van der Waals surface area contributed by atoms with Crippen LogP contribution in [-0.2, 0) is 34.7 Å². The van der Waals surface area contributed by atoms with Gasteiger partial charge in [-0.05, 0) is 30.9 Å². The fourth-order valence-corrected chi connectivity index (χ4v) is 5.41. The predicted octanol–water partition coefficient (Wildman–Crippen LogP) is 1.87. The van der Waals surface area contributed by atoms with Gasteiger partial charge in [-0.25, -0.2) is 14.2 Å². The number of benzene rings is 1. The number of carbonyl (C=O) groups excluding carboxylic acids is 1. The number of rotatable bonds is 1. The Balaban J connectivity index is 1.70. The van der Waals surface area contributed by atoms with Crippen molar-refractivity contribution < 1.29 is 24.1 Å². The molecule has 0 unspecified atom stereocenters. The molecule has 2 atom stereocenters. The lowest BCUT2D eigenvalue weighted by Crippen LogP contribution is -2.44. The molecule has 0 radical (unpaired) electrons. The molecule has 9 heteroatoms. The highest BCUT2D eigenvalue weighted by Gasteiger charge is 2.45. The van der Waals surface area contributed by atoms with E-state index < -0.39 is 17.4 Å². The van der Waals surface area contributed by atoms with Crippen molar-refractivity contribution in [1.29, 1.82) is 0 Å². The van der Waals surface area contributed by atoms with E-state index in [1.54, 1.807) is 13.0 Å². The summed E-state index contributed by atoms with van der Waals surface area (Å²) in [5, 5.41) is 21.9. The van der Waals surface area contributed by atoms with E-state index in [-0.39, 0.29) is 48.0 Å². The van der Waals surface area contributed by atoms with E-state index in [0.717, 1.165) is 11.1 Å². The van der Waals surface area contributed by atoms with E-state index in [4.69, 9.17) is 10.5 Å². The lowest BCUT2D eigenvalue weighted by molar-refractivity contribution is -0.172. The largest absolute Gasteiger partial charge is 0.505 e. The van der Waals surface area contributed by atoms with Crippen molar-refractivity contribution in [3.05, 3.63) is 56.1 Å². The van der Waals surface area contributed by atoms with Gasteiger partial charge >= 0.3 is 5.97 Å². The smallest absolute Gasteiger partial charge is 0.343 e. The molecule has 0 spiro atoms. The molecule has 164 valence electrons. The third-order valence-corrected chi connectivity index (χ3v) is 7.12. The van der Waals surface area contributed by atoms with E-state index in [9.17, 15) is 24.2 Å². The monoisotopic (exact) mass is 437 g/mol. The summed E-state index contributed by atoms with van der Waals surface area (Å²) in [7, 11) is 0. The van der Waals surface area contributed by atoms with Gasteiger partial charge in [-0.15, -0.1) is 0 Å². The summed E-state index contributed by atoms with van der Waals surface area (Å²) >= 11 is 0. The number of hydrogen-bond acceptors (Lipinski definition) is 7. The molecule has 0 saturated carbocycles. The summed E-state index contributed by atoms with van der Waals surface area (Å²) in [6.07, 6.45) is 0.998. The van der Waals surface area contributed by atoms with Crippen LogP contribution in [0.4, 0.5) is 4.39 Å². The molecule has 1 aromatic carbocycles. The van der Waals surface area contributed by atoms with Gasteiger partial charge in [-0.1, -0.05) is 6.92 Å². The molecule has 0 saturated heterocycles. The minimum atomic E-state index is -1.92. The van der Waals surface area contributed by atoms with Crippen LogP contribution in [0.3, 0.4) is 0 Å². The third-order valence-electron chi connectivity index (χ3n) is 7.12. The number of phenols is 1. The Kier molecular flexibility index (Phi) is 3.72. The number of cyclic esters (lactones) is 1. The summed E-state index contributed by atoms with van der Waals surface area (Å²) in [5.74, 6) is -1.94. The highest BCUT2D eigenvalue weighted by molar-refractivity contribution is 5.93. The van der Waals surface area contributed by atoms with Gasteiger partial charge in [0.15, 0.2) is 17.2 Å². The molecule has 3 aliphatic rings. The van der Waals surface area contributed by atoms with Gasteiger partial charge in [0, 0.05) is 34.2 Å². The summed E-state index contributed by atoms with van der Waals surface area (Å²) in [4.78, 5) is 30.3. The Morgan fingerprint density at radius 3 is 2.84 bits per heavy atom. The number of ether oxygens (including phenoxy) is 1. The summed E-state index contributed by atoms with van der Waals surface area (Å²) in [6, 6.07) is 2.43. The fourth-order valence-electron chi connectivity index (χ4n) is 5.41. The number of aromatic nitrogens is 2. The van der Waals surface area contributed by atoms with Gasteiger partial charge < -0.3 is 25.3 Å². The van der Waals surface area contributed by atoms with E-state index >= 15 is 0 Å². The first-order valence-corrected chi connectivity index (χ1v) is 10.6. The molecule has 2 aliphatic heterocycles. The van der Waals surface area contributed by atoms with Crippen molar-refractivity contribution in [2.45, 2.75) is 51.0 Å². The second-order valence-corrected chi connectivity index (χ2v) is 8.68. The number of aromatic hydroxyl groups is 1. The second-order valence-electron chi connectivity index (χ2n) is 8.68. The summed E-state index contributed by atoms with van der Waals surface area (Å²) in [6.45, 7) is 1.64. The van der Waals surface area contributed by atoms with Crippen LogP contribution in [0.25, 0.3) is 22.3 Å². The molecular formula is C23H20FN3O5. The van der Waals surface area contributed by atoms with Gasteiger partial charge in [0.25, 0.3) is 5.56 Å². The Bertz CT molecular complexity index is 1450. The van der Waals surface area contributed by atoms with Crippen LogP contribution in [0.15, 0.2) is 16.9 Å². The van der Waals surface area contributed by atoms with E-state index in [1.165, 1.54) is 10.6 Å². The highest BCUT2D eigenvalue weighted by Crippen LogP contribution is 2.46. The quantitative estimate of drug-likeness (QED) is 0.388. The maximum atomic E-state index is 14.4. The van der Waals surface area contributed by atoms with Crippen molar-refractivity contribution in [1.82, 2.24) is 9.55 Å². The van der Waals surface area contributed by atoms with Crippen molar-refractivity contribution in [3.8, 4) is 17.1 Å². The molecule has 4 N–H and O–H groups in total. The number of nitrogens with zero attached hydrogens (tertiary/aromatic N) is 2. The number of carbonyl (C=O) groups is 1. The zero-order valence-corrected chi connectivity index (χ0v) is 17.2. The van der Waals surface area contributed by atoms with Crippen LogP contribution < -0.4 is 11.3 Å². The lowest BCUT2D eigenvalue weighted by Gasteiger charge is -2.31. The van der Waals surface area contributed by atoms with Crippen LogP contribution in [0.2, 0.25) is 0 Å². The number of hydrogen-bond donors (Lipinski definition) is 3. The van der Waals surface area contributed by atoms with Crippen LogP contribution in [-0.4, -0.2) is 25.7 Å². The maximum absolute atomic E-state index is 14.4. The highest BCUT2D eigenvalue weighted by atomic mass is 19.1. The van der Waals surface area contributed by atoms with E-state index in [1.807, 2.05) is 0 Å². The Labute approximate surface area is 181 Å². The molecule has 8 nitrogen and oxygen atoms in total. The van der Waals surface area contributed by atoms with Crippen LogP contribution >= 0.6 is 0 Å². The number of aliphatic hydroxyl groups is 1. The molecule has 2 aromatic heterocycles. The van der Waals surface area contributed by atoms with E-state index in [2.05, 4.69) is 4.98 Å². The molecule has 3 aromatic rings. The molecule has 1 aliphatic carbocycles. The number of pyridine rings is 2. The zero-order valence-electron chi connectivity index (χ0n) is 17.2. The van der Waals surface area contributed by atoms with Crippen molar-refractivity contribution in [2.75, 3.05) is 0 Å². The first-order valence-electron chi connectivity index (χ1n) is 10.6. The number of phenolic OH excluding ortho intramolecular Hbond substituents is 1. The summed E-state index contributed by atoms with van der Waals surface area (Å²) in [5.41, 5.74) is 7.85. The molecule has 4 heterocycles. The van der Waals surface area contributed by atoms with Crippen LogP contribution in [0.1, 0.15) is 53.6 Å². The summed E-state index contributed by atoms with van der Waals surface area (Å²) < 4.78 is 21.0. The third kappa shape index (κ3) is 2.19. The van der Waals surface area contributed by atoms with Gasteiger partial charge in [0.1, 0.15) is 6.61 Å². The Morgan fingerprint density at radius 1 is 1.31 bits per heavy atom. The first-order chi connectivity index (χ1) is 15.3. The number of aryl methyl sites for hydroxylation is 1. The molecule has 6 rings (SSSR count). The average Bonchev–Trinajstić information content (AvgIpc) is 3.14. The lowest BCUT2D eigenvalue weighted by atomic mass is 9.83. The van der Waals surface area contributed by atoms with Gasteiger partial charge in [-0.3, -0.25) is 4.79 Å². The average molecular weight is 437 g/mol. The predicted molar refractivity (Wildman–Crippen MR) is 111 cm³/mol. The second kappa shape index (κ2) is 6.14. The van der Waals surface area contributed by atoms with Crippen LogP contribution in [0.5, 0.6) is 5.75 Å². The van der Waals surface area contributed by atoms with Crippen molar-refractivity contribution in [2.24, 2.45) is 5.73 Å².